The summed E-state index contributed by atoms with van der Waals surface area (Å²) in [6.07, 6.45) is 2.64. The molecule has 2 aromatic rings. The maximum Gasteiger partial charge on any atom is 0.284 e. The van der Waals surface area contributed by atoms with Crippen LogP contribution in [0.5, 0.6) is 0 Å². The molecule has 0 aliphatic rings. The van der Waals surface area contributed by atoms with Crippen LogP contribution in [0.15, 0.2) is 27.5 Å². The van der Waals surface area contributed by atoms with Gasteiger partial charge in [-0.05, 0) is 30.8 Å². The number of aromatic amines is 1. The Kier molecular flexibility index (Phi) is 3.00. The highest BCUT2D eigenvalue weighted by atomic mass is 32.1. The summed E-state index contributed by atoms with van der Waals surface area (Å²) in [6, 6.07) is 3.46. The summed E-state index contributed by atoms with van der Waals surface area (Å²) in [6.45, 7) is 2.69. The lowest BCUT2D eigenvalue weighted by Gasteiger charge is -2.03. The number of nitrogens with one attached hydrogen (secondary N) is 1. The lowest BCUT2D eigenvalue weighted by atomic mass is 10.2. The molecule has 0 fully saturated rings. The smallest absolute Gasteiger partial charge is 0.284 e. The fourth-order valence-corrected chi connectivity index (χ4v) is 1.59. The van der Waals surface area contributed by atoms with Gasteiger partial charge in [-0.25, -0.2) is 5.10 Å². The van der Waals surface area contributed by atoms with Gasteiger partial charge in [0.2, 0.25) is 0 Å². The summed E-state index contributed by atoms with van der Waals surface area (Å²) in [5.41, 5.74) is 0.304. The van der Waals surface area contributed by atoms with Gasteiger partial charge in [0.25, 0.3) is 16.3 Å². The minimum atomic E-state index is -0.116. The van der Waals surface area contributed by atoms with E-state index in [4.69, 9.17) is 16.6 Å². The Morgan fingerprint density at radius 3 is 3.06 bits per heavy atom. The van der Waals surface area contributed by atoms with Crippen molar-refractivity contribution in [2.24, 2.45) is 0 Å². The van der Waals surface area contributed by atoms with Gasteiger partial charge in [-0.1, -0.05) is 6.92 Å². The molecule has 6 heteroatoms. The fourth-order valence-electron chi connectivity index (χ4n) is 1.46. The number of aryl methyl sites for hydroxylation is 1. The molecule has 0 radical (unpaired) electrons. The van der Waals surface area contributed by atoms with E-state index >= 15 is 0 Å². The van der Waals surface area contributed by atoms with Crippen LogP contribution in [0.1, 0.15) is 13.3 Å². The molecule has 0 saturated heterocycles. The van der Waals surface area contributed by atoms with Crippen molar-refractivity contribution in [2.45, 2.75) is 19.9 Å². The minimum absolute atomic E-state index is 0.116. The second-order valence-corrected chi connectivity index (χ2v) is 3.71. The van der Waals surface area contributed by atoms with E-state index in [1.165, 1.54) is 0 Å². The van der Waals surface area contributed by atoms with Gasteiger partial charge in [0, 0.05) is 12.7 Å². The maximum absolute atomic E-state index is 12.0. The monoisotopic (exact) mass is 237 g/mol. The predicted molar refractivity (Wildman–Crippen MR) is 61.7 cm³/mol. The topological polar surface area (TPSA) is 63.8 Å². The summed E-state index contributed by atoms with van der Waals surface area (Å²) in [5.74, 6) is 0.237. The molecule has 0 atom stereocenters. The molecule has 0 amide bonds. The Morgan fingerprint density at radius 2 is 2.44 bits per heavy atom. The minimum Gasteiger partial charge on any atom is -0.409 e. The molecule has 0 aliphatic heterocycles. The van der Waals surface area contributed by atoms with Crippen LogP contribution in [-0.4, -0.2) is 14.8 Å². The van der Waals surface area contributed by atoms with Crippen LogP contribution in [0, 0.1) is 4.84 Å². The summed E-state index contributed by atoms with van der Waals surface area (Å²) >= 11 is 4.77. The van der Waals surface area contributed by atoms with Gasteiger partial charge < -0.3 is 8.98 Å². The van der Waals surface area contributed by atoms with E-state index in [0.717, 1.165) is 6.42 Å². The van der Waals surface area contributed by atoms with E-state index in [0.29, 0.717) is 12.1 Å². The SMILES string of the molecule is CCCn1cccc(-c2n[nH]c(=S)o2)c1=O. The summed E-state index contributed by atoms with van der Waals surface area (Å²) in [5, 5.41) is 6.33. The van der Waals surface area contributed by atoms with E-state index in [1.807, 2.05) is 6.92 Å². The van der Waals surface area contributed by atoms with Gasteiger partial charge >= 0.3 is 0 Å². The Labute approximate surface area is 96.7 Å². The third-order valence-corrected chi connectivity index (χ3v) is 2.33. The molecule has 16 heavy (non-hydrogen) atoms. The van der Waals surface area contributed by atoms with Crippen LogP contribution >= 0.6 is 12.2 Å². The number of pyridine rings is 1. The summed E-state index contributed by atoms with van der Waals surface area (Å²) < 4.78 is 6.75. The standard InChI is InChI=1S/C10H11N3O2S/c1-2-5-13-6-3-4-7(9(13)14)8-11-12-10(16)15-8/h3-4,6H,2,5H2,1H3,(H,12,16). The third-order valence-electron chi connectivity index (χ3n) is 2.15. The quantitative estimate of drug-likeness (QED) is 0.829. The molecule has 1 N–H and O–H groups in total. The van der Waals surface area contributed by atoms with E-state index in [9.17, 15) is 4.79 Å². The lowest BCUT2D eigenvalue weighted by Crippen LogP contribution is -2.20. The van der Waals surface area contributed by atoms with Gasteiger partial charge in [-0.15, -0.1) is 5.10 Å². The van der Waals surface area contributed by atoms with E-state index in [1.54, 1.807) is 22.9 Å². The first-order valence-corrected chi connectivity index (χ1v) is 5.38. The average Bonchev–Trinajstić information content (AvgIpc) is 2.68. The normalized spacial score (nSPS) is 10.6. The number of H-pyrrole nitrogens is 1. The van der Waals surface area contributed by atoms with Crippen molar-refractivity contribution in [2.75, 3.05) is 0 Å². The molecule has 0 unspecified atom stereocenters. The molecule has 0 aliphatic carbocycles. The molecule has 0 saturated carbocycles. The van der Waals surface area contributed by atoms with Crippen molar-refractivity contribution in [1.82, 2.24) is 14.8 Å². The zero-order valence-corrected chi connectivity index (χ0v) is 9.58. The zero-order chi connectivity index (χ0) is 11.5. The van der Waals surface area contributed by atoms with Crippen molar-refractivity contribution in [3.8, 4) is 11.5 Å². The Balaban J connectivity index is 2.54. The maximum atomic E-state index is 12.0. The van der Waals surface area contributed by atoms with Crippen molar-refractivity contribution >= 4 is 12.2 Å². The first-order chi connectivity index (χ1) is 7.72. The van der Waals surface area contributed by atoms with E-state index in [-0.39, 0.29) is 16.3 Å². The molecule has 2 rings (SSSR count). The van der Waals surface area contributed by atoms with E-state index < -0.39 is 0 Å². The number of hydrogen-bond donors (Lipinski definition) is 1. The number of nitrogens with zero attached hydrogens (tertiary/aromatic N) is 2. The highest BCUT2D eigenvalue weighted by Gasteiger charge is 2.10. The highest BCUT2D eigenvalue weighted by molar-refractivity contribution is 7.71. The molecule has 84 valence electrons. The van der Waals surface area contributed by atoms with Gasteiger partial charge in [-0.2, -0.15) is 0 Å². The molecule has 0 spiro atoms. The second kappa shape index (κ2) is 4.44. The van der Waals surface area contributed by atoms with Gasteiger partial charge in [0.1, 0.15) is 5.56 Å². The van der Waals surface area contributed by atoms with Gasteiger partial charge in [-0.3, -0.25) is 4.79 Å². The molecule has 5 nitrogen and oxygen atoms in total. The summed E-state index contributed by atoms with van der Waals surface area (Å²) in [4.78, 5) is 12.2. The van der Waals surface area contributed by atoms with Gasteiger partial charge in [0.15, 0.2) is 0 Å². The average molecular weight is 237 g/mol. The highest BCUT2D eigenvalue weighted by Crippen LogP contribution is 2.11. The molecular formula is C10H11N3O2S. The van der Waals surface area contributed by atoms with Crippen LogP contribution in [0.4, 0.5) is 0 Å². The largest absolute Gasteiger partial charge is 0.409 e. The van der Waals surface area contributed by atoms with E-state index in [2.05, 4.69) is 10.2 Å². The van der Waals surface area contributed by atoms with Crippen molar-refractivity contribution in [3.63, 3.8) is 0 Å². The van der Waals surface area contributed by atoms with Gasteiger partial charge in [0.05, 0.1) is 0 Å². The second-order valence-electron chi connectivity index (χ2n) is 3.34. The molecular weight excluding hydrogens is 226 g/mol. The number of aromatic nitrogens is 3. The predicted octanol–water partition coefficient (Wildman–Crippen LogP) is 1.97. The van der Waals surface area contributed by atoms with Crippen molar-refractivity contribution in [3.05, 3.63) is 33.5 Å². The Hall–Kier alpha value is -1.69. The Morgan fingerprint density at radius 1 is 1.62 bits per heavy atom. The fraction of sp³-hybridized carbons (Fsp3) is 0.300. The van der Waals surface area contributed by atoms with Crippen LogP contribution < -0.4 is 5.56 Å². The Bertz CT molecular complexity index is 596. The van der Waals surface area contributed by atoms with Crippen LogP contribution in [0.2, 0.25) is 0 Å². The third kappa shape index (κ3) is 1.96. The molecule has 0 bridgehead atoms. The lowest BCUT2D eigenvalue weighted by molar-refractivity contribution is 0.549. The molecule has 2 aromatic heterocycles. The first kappa shape index (κ1) is 10.8. The molecule has 0 aromatic carbocycles. The number of rotatable bonds is 3. The summed E-state index contributed by atoms with van der Waals surface area (Å²) in [7, 11) is 0. The molecule has 2 heterocycles. The first-order valence-electron chi connectivity index (χ1n) is 4.97. The zero-order valence-electron chi connectivity index (χ0n) is 8.77. The number of hydrogen-bond acceptors (Lipinski definition) is 4. The van der Waals surface area contributed by atoms with Crippen LogP contribution in [0.25, 0.3) is 11.5 Å². The van der Waals surface area contributed by atoms with Crippen molar-refractivity contribution in [1.29, 1.82) is 0 Å². The van der Waals surface area contributed by atoms with Crippen LogP contribution in [-0.2, 0) is 6.54 Å². The van der Waals surface area contributed by atoms with Crippen molar-refractivity contribution < 1.29 is 4.42 Å². The van der Waals surface area contributed by atoms with Crippen LogP contribution in [0.3, 0.4) is 0 Å².